The highest BCUT2D eigenvalue weighted by atomic mass is 32.2. The summed E-state index contributed by atoms with van der Waals surface area (Å²) in [7, 11) is 1.62. The first-order chi connectivity index (χ1) is 14.4. The average Bonchev–Trinajstić information content (AvgIpc) is 2.98. The standard InChI is InChI=1S/C20H20F2N4O3S/c1-26-10-17-19(18(26)20(27)24-13-4-5-15(21)16(22)8-13)29-11-14(25-30(17)28)7-12-3-2-6-23-9-12/h2,4-6,8-10,12,14,25H,3,7,11H2,1H3,(H,24,27)/t12?,14-,30?/m0/s1. The van der Waals surface area contributed by atoms with Crippen LogP contribution in [0.5, 0.6) is 5.75 Å². The topological polar surface area (TPSA) is 90.7 Å². The molecule has 1 aromatic carbocycles. The Kier molecular flexibility index (Phi) is 5.89. The summed E-state index contributed by atoms with van der Waals surface area (Å²) in [6.45, 7) is 0.224. The van der Waals surface area contributed by atoms with Crippen molar-refractivity contribution < 1.29 is 22.9 Å². The Morgan fingerprint density at radius 3 is 3.00 bits per heavy atom. The number of nitrogens with zero attached hydrogens (tertiary/aromatic N) is 2. The Hall–Kier alpha value is -2.69. The zero-order valence-electron chi connectivity index (χ0n) is 16.1. The molecule has 3 heterocycles. The monoisotopic (exact) mass is 434 g/mol. The van der Waals surface area contributed by atoms with E-state index in [1.165, 1.54) is 10.6 Å². The molecule has 2 aliphatic rings. The fraction of sp³-hybridized carbons (Fsp3) is 0.300. The quantitative estimate of drug-likeness (QED) is 0.724. The first-order valence-electron chi connectivity index (χ1n) is 9.37. The van der Waals surface area contributed by atoms with Gasteiger partial charge in [0.25, 0.3) is 5.91 Å². The number of halogens is 2. The van der Waals surface area contributed by atoms with Crippen LogP contribution in [0.3, 0.4) is 0 Å². The maximum absolute atomic E-state index is 13.4. The van der Waals surface area contributed by atoms with E-state index in [-0.39, 0.29) is 35.7 Å². The van der Waals surface area contributed by atoms with Crippen LogP contribution in [-0.2, 0) is 18.4 Å². The number of allylic oxidation sites excluding steroid dienone is 1. The van der Waals surface area contributed by atoms with Gasteiger partial charge in [-0.2, -0.15) is 0 Å². The number of aliphatic imine (C=N–C) groups is 1. The van der Waals surface area contributed by atoms with Gasteiger partial charge in [0.1, 0.15) is 6.61 Å². The van der Waals surface area contributed by atoms with Gasteiger partial charge in [0.05, 0.1) is 23.6 Å². The molecule has 0 fully saturated rings. The molecule has 2 aromatic rings. The van der Waals surface area contributed by atoms with Gasteiger partial charge in [0, 0.05) is 31.2 Å². The smallest absolute Gasteiger partial charge is 0.276 e. The van der Waals surface area contributed by atoms with Crippen LogP contribution in [0.1, 0.15) is 23.3 Å². The van der Waals surface area contributed by atoms with E-state index >= 15 is 0 Å². The molecule has 0 saturated heterocycles. The van der Waals surface area contributed by atoms with Gasteiger partial charge < -0.3 is 19.2 Å². The number of nitrogens with one attached hydrogen (secondary N) is 2. The van der Waals surface area contributed by atoms with Crippen molar-refractivity contribution in [3.63, 3.8) is 0 Å². The van der Waals surface area contributed by atoms with Gasteiger partial charge >= 0.3 is 0 Å². The number of rotatable bonds is 4. The number of benzene rings is 1. The van der Waals surface area contributed by atoms with Crippen LogP contribution in [0.25, 0.3) is 0 Å². The molecule has 2 N–H and O–H groups in total. The summed E-state index contributed by atoms with van der Waals surface area (Å²) in [5.41, 5.74) is 0.247. The zero-order valence-corrected chi connectivity index (χ0v) is 16.9. The van der Waals surface area contributed by atoms with Gasteiger partial charge in [0.15, 0.2) is 17.3 Å². The average molecular weight is 434 g/mol. The van der Waals surface area contributed by atoms with Crippen molar-refractivity contribution in [3.05, 3.63) is 54.0 Å². The summed E-state index contributed by atoms with van der Waals surface area (Å²) in [4.78, 5) is 17.3. The Morgan fingerprint density at radius 1 is 1.43 bits per heavy atom. The predicted octanol–water partition coefficient (Wildman–Crippen LogP) is 2.92. The molecule has 0 bridgehead atoms. The summed E-state index contributed by atoms with van der Waals surface area (Å²) >= 11 is -1.57. The third-order valence-corrected chi connectivity index (χ3v) is 6.15. The largest absolute Gasteiger partial charge is 0.593 e. The molecule has 0 radical (unpaired) electrons. The van der Waals surface area contributed by atoms with Crippen LogP contribution < -0.4 is 14.8 Å². The second-order valence-corrected chi connectivity index (χ2v) is 8.39. The summed E-state index contributed by atoms with van der Waals surface area (Å²) < 4.78 is 49.8. The number of amides is 1. The van der Waals surface area contributed by atoms with Crippen LogP contribution in [0.4, 0.5) is 14.5 Å². The molecule has 158 valence electrons. The predicted molar refractivity (Wildman–Crippen MR) is 109 cm³/mol. The highest BCUT2D eigenvalue weighted by Crippen LogP contribution is 2.33. The molecular weight excluding hydrogens is 414 g/mol. The molecule has 0 spiro atoms. The van der Waals surface area contributed by atoms with E-state index in [1.54, 1.807) is 19.4 Å². The molecule has 2 aliphatic heterocycles. The Bertz CT molecular complexity index is 1020. The third kappa shape index (κ3) is 4.25. The Morgan fingerprint density at radius 2 is 2.27 bits per heavy atom. The second kappa shape index (κ2) is 8.58. The van der Waals surface area contributed by atoms with E-state index in [0.29, 0.717) is 11.3 Å². The SMILES string of the molecule is Cn1cc2c(c1C(=O)Nc1ccc(F)c(F)c1)OC[C@H](CC1C=NC=CC1)N[S+]2[O-]. The molecule has 30 heavy (non-hydrogen) atoms. The van der Waals surface area contributed by atoms with E-state index in [1.807, 2.05) is 12.3 Å². The number of aromatic nitrogens is 1. The van der Waals surface area contributed by atoms with Crippen LogP contribution in [0.15, 0.2) is 46.6 Å². The molecular formula is C20H20F2N4O3S. The number of carbonyl (C=O) groups is 1. The van der Waals surface area contributed by atoms with Gasteiger partial charge in [0.2, 0.25) is 10.6 Å². The summed E-state index contributed by atoms with van der Waals surface area (Å²) in [5.74, 6) is -2.22. The summed E-state index contributed by atoms with van der Waals surface area (Å²) in [6.07, 6.45) is 8.69. The van der Waals surface area contributed by atoms with Gasteiger partial charge in [-0.05, 0) is 30.9 Å². The summed E-state index contributed by atoms with van der Waals surface area (Å²) in [5, 5.41) is 2.52. The van der Waals surface area contributed by atoms with Gasteiger partial charge in [-0.25, -0.2) is 8.78 Å². The van der Waals surface area contributed by atoms with E-state index in [0.717, 1.165) is 18.6 Å². The van der Waals surface area contributed by atoms with Gasteiger partial charge in [-0.15, -0.1) is 4.72 Å². The molecule has 3 atom stereocenters. The van der Waals surface area contributed by atoms with Gasteiger partial charge in [-0.1, -0.05) is 6.08 Å². The lowest BCUT2D eigenvalue weighted by atomic mass is 9.97. The van der Waals surface area contributed by atoms with Crippen molar-refractivity contribution in [2.45, 2.75) is 23.8 Å². The lowest BCUT2D eigenvalue weighted by molar-refractivity contribution is 0.101. The lowest BCUT2D eigenvalue weighted by Gasteiger charge is -2.20. The van der Waals surface area contributed by atoms with Crippen LogP contribution in [-0.4, -0.2) is 33.9 Å². The van der Waals surface area contributed by atoms with Crippen molar-refractivity contribution in [2.75, 3.05) is 11.9 Å². The second-order valence-electron chi connectivity index (χ2n) is 7.17. The summed E-state index contributed by atoms with van der Waals surface area (Å²) in [6, 6.07) is 2.90. The van der Waals surface area contributed by atoms with Crippen molar-refractivity contribution in [1.29, 1.82) is 0 Å². The molecule has 1 aromatic heterocycles. The minimum atomic E-state index is -1.57. The molecule has 0 aliphatic carbocycles. The minimum Gasteiger partial charge on any atom is -0.593 e. The minimum absolute atomic E-state index is 0.101. The van der Waals surface area contributed by atoms with E-state index < -0.39 is 28.9 Å². The maximum atomic E-state index is 13.4. The molecule has 1 amide bonds. The Labute approximate surface area is 175 Å². The van der Waals surface area contributed by atoms with Gasteiger partial charge in [-0.3, -0.25) is 9.79 Å². The van der Waals surface area contributed by atoms with Crippen LogP contribution in [0.2, 0.25) is 0 Å². The van der Waals surface area contributed by atoms with Crippen LogP contribution >= 0.6 is 0 Å². The van der Waals surface area contributed by atoms with Crippen molar-refractivity contribution in [1.82, 2.24) is 9.29 Å². The van der Waals surface area contributed by atoms with E-state index in [9.17, 15) is 18.1 Å². The lowest BCUT2D eigenvalue weighted by Crippen LogP contribution is -2.38. The number of anilines is 1. The fourth-order valence-corrected chi connectivity index (χ4v) is 4.65. The van der Waals surface area contributed by atoms with Crippen molar-refractivity contribution in [3.8, 4) is 5.75 Å². The highest BCUT2D eigenvalue weighted by molar-refractivity contribution is 7.89. The number of hydrogen-bond acceptors (Lipinski definition) is 5. The molecule has 7 nitrogen and oxygen atoms in total. The number of ether oxygens (including phenoxy) is 1. The van der Waals surface area contributed by atoms with Crippen molar-refractivity contribution >= 4 is 29.2 Å². The van der Waals surface area contributed by atoms with Crippen LogP contribution in [0, 0.1) is 17.6 Å². The van der Waals surface area contributed by atoms with E-state index in [4.69, 9.17) is 4.74 Å². The first-order valence-corrected chi connectivity index (χ1v) is 10.5. The molecule has 2 unspecified atom stereocenters. The van der Waals surface area contributed by atoms with E-state index in [2.05, 4.69) is 15.0 Å². The molecule has 4 rings (SSSR count). The highest BCUT2D eigenvalue weighted by Gasteiger charge is 2.35. The number of fused-ring (bicyclic) bond motifs is 1. The zero-order chi connectivity index (χ0) is 21.3. The number of aryl methyl sites for hydroxylation is 1. The molecule has 10 heteroatoms. The normalized spacial score (nSPS) is 22.9. The number of hydrogen-bond donors (Lipinski definition) is 2. The first kappa shape index (κ1) is 20.6. The fourth-order valence-electron chi connectivity index (χ4n) is 3.48. The molecule has 0 saturated carbocycles. The maximum Gasteiger partial charge on any atom is 0.276 e. The Balaban J connectivity index is 1.52. The van der Waals surface area contributed by atoms with Crippen molar-refractivity contribution in [2.24, 2.45) is 18.0 Å². The number of carbonyl (C=O) groups excluding carboxylic acids is 1. The third-order valence-electron chi connectivity index (χ3n) is 4.91.